The summed E-state index contributed by atoms with van der Waals surface area (Å²) in [4.78, 5) is 19.9. The van der Waals surface area contributed by atoms with Crippen LogP contribution in [0.5, 0.6) is 0 Å². The van der Waals surface area contributed by atoms with Crippen molar-refractivity contribution in [2.75, 3.05) is 25.1 Å². The van der Waals surface area contributed by atoms with Gasteiger partial charge in [-0.25, -0.2) is 9.78 Å². The third-order valence-corrected chi connectivity index (χ3v) is 5.60. The summed E-state index contributed by atoms with van der Waals surface area (Å²) in [5.74, 6) is 0.215. The standard InChI is InChI=1S/C22H20Cl2N2O2/c1-28-22(27)19-18(14-8-4-2-5-9-14)16-12-15(23)13-17(24)20(16)25-21(19)26-10-6-3-7-11-26/h2,4-5,8-9,12-13H,3,6-7,10-11H2,1H3. The van der Waals surface area contributed by atoms with Gasteiger partial charge < -0.3 is 9.64 Å². The Labute approximate surface area is 174 Å². The maximum Gasteiger partial charge on any atom is 0.342 e. The average molecular weight is 415 g/mol. The van der Waals surface area contributed by atoms with E-state index in [0.29, 0.717) is 26.9 Å². The van der Waals surface area contributed by atoms with Gasteiger partial charge in [0.15, 0.2) is 0 Å². The molecule has 0 spiro atoms. The summed E-state index contributed by atoms with van der Waals surface area (Å²) in [6, 6.07) is 13.3. The van der Waals surface area contributed by atoms with Crippen molar-refractivity contribution in [2.24, 2.45) is 0 Å². The van der Waals surface area contributed by atoms with Gasteiger partial charge in [-0.2, -0.15) is 0 Å². The summed E-state index contributed by atoms with van der Waals surface area (Å²) in [5.41, 5.74) is 2.74. The van der Waals surface area contributed by atoms with Crippen molar-refractivity contribution in [3.8, 4) is 11.1 Å². The molecule has 6 heteroatoms. The van der Waals surface area contributed by atoms with Gasteiger partial charge in [0.1, 0.15) is 11.4 Å². The molecule has 0 N–H and O–H groups in total. The number of esters is 1. The Bertz CT molecular complexity index is 1030. The topological polar surface area (TPSA) is 42.4 Å². The highest BCUT2D eigenvalue weighted by atomic mass is 35.5. The van der Waals surface area contributed by atoms with E-state index in [1.165, 1.54) is 13.5 Å². The predicted molar refractivity (Wildman–Crippen MR) is 115 cm³/mol. The van der Waals surface area contributed by atoms with Crippen molar-refractivity contribution in [2.45, 2.75) is 19.3 Å². The molecule has 0 bridgehead atoms. The summed E-state index contributed by atoms with van der Waals surface area (Å²) in [6.45, 7) is 1.70. The summed E-state index contributed by atoms with van der Waals surface area (Å²) in [6.07, 6.45) is 3.31. The number of hydrogen-bond acceptors (Lipinski definition) is 4. The lowest BCUT2D eigenvalue weighted by molar-refractivity contribution is 0.0602. The minimum atomic E-state index is -0.412. The van der Waals surface area contributed by atoms with E-state index >= 15 is 0 Å². The third kappa shape index (κ3) is 3.43. The minimum Gasteiger partial charge on any atom is -0.465 e. The number of methoxy groups -OCH3 is 1. The Morgan fingerprint density at radius 1 is 1.07 bits per heavy atom. The fourth-order valence-electron chi connectivity index (χ4n) is 3.81. The average Bonchev–Trinajstić information content (AvgIpc) is 2.73. The number of carbonyl (C=O) groups is 1. The van der Waals surface area contributed by atoms with Crippen LogP contribution in [0, 0.1) is 0 Å². The van der Waals surface area contributed by atoms with E-state index in [1.807, 2.05) is 36.4 Å². The predicted octanol–water partition coefficient (Wildman–Crippen LogP) is 5.99. The van der Waals surface area contributed by atoms with Crippen LogP contribution in [0.2, 0.25) is 10.0 Å². The number of fused-ring (bicyclic) bond motifs is 1. The van der Waals surface area contributed by atoms with Gasteiger partial charge >= 0.3 is 5.97 Å². The number of anilines is 1. The fourth-order valence-corrected chi connectivity index (χ4v) is 4.35. The first-order valence-electron chi connectivity index (χ1n) is 9.31. The first-order chi connectivity index (χ1) is 13.6. The van der Waals surface area contributed by atoms with Crippen LogP contribution < -0.4 is 4.90 Å². The van der Waals surface area contributed by atoms with Crippen LogP contribution in [-0.2, 0) is 4.74 Å². The van der Waals surface area contributed by atoms with Crippen molar-refractivity contribution >= 4 is 45.9 Å². The molecule has 2 heterocycles. The number of carbonyl (C=O) groups excluding carboxylic acids is 1. The number of pyridine rings is 1. The van der Waals surface area contributed by atoms with Gasteiger partial charge in [0.2, 0.25) is 0 Å². The summed E-state index contributed by atoms with van der Waals surface area (Å²) >= 11 is 12.8. The van der Waals surface area contributed by atoms with Crippen LogP contribution in [0.15, 0.2) is 42.5 Å². The normalized spacial score (nSPS) is 14.3. The van der Waals surface area contributed by atoms with Gasteiger partial charge in [0.25, 0.3) is 0 Å². The van der Waals surface area contributed by atoms with E-state index in [4.69, 9.17) is 32.9 Å². The largest absolute Gasteiger partial charge is 0.465 e. The zero-order valence-electron chi connectivity index (χ0n) is 15.5. The lowest BCUT2D eigenvalue weighted by Crippen LogP contribution is -2.32. The molecular weight excluding hydrogens is 395 g/mol. The second-order valence-corrected chi connectivity index (χ2v) is 7.72. The summed E-state index contributed by atoms with van der Waals surface area (Å²) in [5, 5.41) is 1.71. The van der Waals surface area contributed by atoms with E-state index in [2.05, 4.69) is 4.90 Å². The molecule has 1 fully saturated rings. The van der Waals surface area contributed by atoms with E-state index in [9.17, 15) is 4.79 Å². The third-order valence-electron chi connectivity index (χ3n) is 5.10. The van der Waals surface area contributed by atoms with Crippen molar-refractivity contribution in [1.29, 1.82) is 0 Å². The minimum absolute atomic E-state index is 0.412. The molecule has 28 heavy (non-hydrogen) atoms. The Morgan fingerprint density at radius 3 is 2.46 bits per heavy atom. The van der Waals surface area contributed by atoms with Crippen LogP contribution in [0.4, 0.5) is 5.82 Å². The molecule has 2 aromatic carbocycles. The van der Waals surface area contributed by atoms with E-state index < -0.39 is 5.97 Å². The quantitative estimate of drug-likeness (QED) is 0.493. The SMILES string of the molecule is COC(=O)c1c(N2CCCCC2)nc2c(Cl)cc(Cl)cc2c1-c1ccccc1. The molecule has 0 atom stereocenters. The number of benzene rings is 2. The van der Waals surface area contributed by atoms with E-state index in [0.717, 1.165) is 42.4 Å². The highest BCUT2D eigenvalue weighted by Crippen LogP contribution is 2.41. The Hall–Kier alpha value is -2.30. The number of aromatic nitrogens is 1. The van der Waals surface area contributed by atoms with Gasteiger partial charge in [0.05, 0.1) is 17.6 Å². The fraction of sp³-hybridized carbons (Fsp3) is 0.273. The molecule has 0 amide bonds. The second kappa shape index (κ2) is 7.98. The number of hydrogen-bond donors (Lipinski definition) is 0. The molecule has 0 saturated carbocycles. The molecule has 4 rings (SSSR count). The molecule has 0 radical (unpaired) electrons. The highest BCUT2D eigenvalue weighted by molar-refractivity contribution is 6.39. The smallest absolute Gasteiger partial charge is 0.342 e. The molecule has 1 saturated heterocycles. The monoisotopic (exact) mass is 414 g/mol. The molecule has 0 unspecified atom stereocenters. The van der Waals surface area contributed by atoms with Crippen molar-refractivity contribution in [3.05, 3.63) is 58.1 Å². The van der Waals surface area contributed by atoms with Gasteiger partial charge in [-0.05, 0) is 37.0 Å². The zero-order chi connectivity index (χ0) is 19.7. The lowest BCUT2D eigenvalue weighted by atomic mass is 9.94. The van der Waals surface area contributed by atoms with Crippen molar-refractivity contribution in [3.63, 3.8) is 0 Å². The van der Waals surface area contributed by atoms with Crippen LogP contribution in [-0.4, -0.2) is 31.2 Å². The number of rotatable bonds is 3. The first-order valence-corrected chi connectivity index (χ1v) is 10.1. The van der Waals surface area contributed by atoms with Crippen LogP contribution in [0.3, 0.4) is 0 Å². The maximum absolute atomic E-state index is 12.9. The van der Waals surface area contributed by atoms with Crippen molar-refractivity contribution < 1.29 is 9.53 Å². The lowest BCUT2D eigenvalue weighted by Gasteiger charge is -2.30. The number of nitrogens with zero attached hydrogens (tertiary/aromatic N) is 2. The Balaban J connectivity index is 2.12. The Morgan fingerprint density at radius 2 is 1.79 bits per heavy atom. The maximum atomic E-state index is 12.9. The molecule has 1 aromatic heterocycles. The summed E-state index contributed by atoms with van der Waals surface area (Å²) < 4.78 is 5.17. The molecular formula is C22H20Cl2N2O2. The van der Waals surface area contributed by atoms with Gasteiger partial charge in [-0.3, -0.25) is 0 Å². The summed E-state index contributed by atoms with van der Waals surface area (Å²) in [7, 11) is 1.40. The molecule has 3 aromatic rings. The van der Waals surface area contributed by atoms with Gasteiger partial charge in [-0.15, -0.1) is 0 Å². The second-order valence-electron chi connectivity index (χ2n) is 6.87. The molecule has 1 aliphatic heterocycles. The number of ether oxygens (including phenoxy) is 1. The number of halogens is 2. The van der Waals surface area contributed by atoms with Gasteiger partial charge in [-0.1, -0.05) is 53.5 Å². The first kappa shape index (κ1) is 19.0. The number of piperidine rings is 1. The molecule has 144 valence electrons. The van der Waals surface area contributed by atoms with Crippen LogP contribution >= 0.6 is 23.2 Å². The van der Waals surface area contributed by atoms with Crippen molar-refractivity contribution in [1.82, 2.24) is 4.98 Å². The zero-order valence-corrected chi connectivity index (χ0v) is 17.1. The van der Waals surface area contributed by atoms with E-state index in [-0.39, 0.29) is 0 Å². The molecule has 0 aliphatic carbocycles. The highest BCUT2D eigenvalue weighted by Gasteiger charge is 2.28. The Kier molecular flexibility index (Phi) is 5.42. The van der Waals surface area contributed by atoms with Crippen LogP contribution in [0.25, 0.3) is 22.0 Å². The van der Waals surface area contributed by atoms with Gasteiger partial charge in [0, 0.05) is 29.1 Å². The van der Waals surface area contributed by atoms with E-state index in [1.54, 1.807) is 6.07 Å². The molecule has 1 aliphatic rings. The molecule has 4 nitrogen and oxygen atoms in total. The van der Waals surface area contributed by atoms with Crippen LogP contribution in [0.1, 0.15) is 29.6 Å².